The van der Waals surface area contributed by atoms with Gasteiger partial charge in [0.05, 0.1) is 26.4 Å². The minimum absolute atomic E-state index is 0.106. The standard InChI is InChI=1S/C10H22N2O3/c1-4-12(2)10(13)9-11-5-6-15-8-7-14-3/h11H,4-9H2,1-3H3. The van der Waals surface area contributed by atoms with Crippen molar-refractivity contribution in [2.24, 2.45) is 0 Å². The van der Waals surface area contributed by atoms with E-state index in [4.69, 9.17) is 9.47 Å². The topological polar surface area (TPSA) is 50.8 Å². The minimum Gasteiger partial charge on any atom is -0.382 e. The number of carbonyl (C=O) groups is 1. The average Bonchev–Trinajstić information content (AvgIpc) is 2.26. The first-order valence-electron chi connectivity index (χ1n) is 5.23. The summed E-state index contributed by atoms with van der Waals surface area (Å²) < 4.78 is 10.1. The van der Waals surface area contributed by atoms with Crippen LogP contribution in [0.25, 0.3) is 0 Å². The highest BCUT2D eigenvalue weighted by molar-refractivity contribution is 5.77. The molecule has 0 aliphatic carbocycles. The summed E-state index contributed by atoms with van der Waals surface area (Å²) in [6.45, 7) is 5.56. The molecule has 0 aromatic heterocycles. The molecule has 0 fully saturated rings. The maximum atomic E-state index is 11.3. The Morgan fingerprint density at radius 3 is 2.67 bits per heavy atom. The second kappa shape index (κ2) is 9.89. The Hall–Kier alpha value is -0.650. The molecule has 0 atom stereocenters. The predicted molar refractivity (Wildman–Crippen MR) is 58.9 cm³/mol. The van der Waals surface area contributed by atoms with Gasteiger partial charge in [-0.25, -0.2) is 0 Å². The van der Waals surface area contributed by atoms with Crippen molar-refractivity contribution in [3.05, 3.63) is 0 Å². The van der Waals surface area contributed by atoms with E-state index >= 15 is 0 Å². The van der Waals surface area contributed by atoms with E-state index in [1.165, 1.54) is 0 Å². The summed E-state index contributed by atoms with van der Waals surface area (Å²) in [5, 5.41) is 3.02. The summed E-state index contributed by atoms with van der Waals surface area (Å²) in [5.74, 6) is 0.106. The molecule has 0 unspecified atom stereocenters. The Labute approximate surface area is 91.7 Å². The molecule has 0 aromatic carbocycles. The van der Waals surface area contributed by atoms with Gasteiger partial charge < -0.3 is 19.7 Å². The zero-order chi connectivity index (χ0) is 11.5. The van der Waals surface area contributed by atoms with Crippen LogP contribution in [0.3, 0.4) is 0 Å². The van der Waals surface area contributed by atoms with Crippen LogP contribution in [0.15, 0.2) is 0 Å². The Morgan fingerprint density at radius 2 is 2.07 bits per heavy atom. The number of rotatable bonds is 9. The molecule has 0 aliphatic rings. The number of hydrogen-bond acceptors (Lipinski definition) is 4. The van der Waals surface area contributed by atoms with E-state index in [0.717, 1.165) is 6.54 Å². The molecule has 1 N–H and O–H groups in total. The fourth-order valence-corrected chi connectivity index (χ4v) is 0.895. The highest BCUT2D eigenvalue weighted by Crippen LogP contribution is 1.81. The quantitative estimate of drug-likeness (QED) is 0.541. The number of nitrogens with zero attached hydrogens (tertiary/aromatic N) is 1. The van der Waals surface area contributed by atoms with Gasteiger partial charge in [0, 0.05) is 27.2 Å². The van der Waals surface area contributed by atoms with E-state index in [0.29, 0.717) is 32.9 Å². The molecule has 0 rings (SSSR count). The number of methoxy groups -OCH3 is 1. The molecule has 0 bridgehead atoms. The highest BCUT2D eigenvalue weighted by atomic mass is 16.5. The fraction of sp³-hybridized carbons (Fsp3) is 0.900. The average molecular weight is 218 g/mol. The molecular weight excluding hydrogens is 196 g/mol. The Kier molecular flexibility index (Phi) is 9.46. The lowest BCUT2D eigenvalue weighted by Crippen LogP contribution is -2.36. The third-order valence-corrected chi connectivity index (χ3v) is 2.03. The van der Waals surface area contributed by atoms with E-state index in [1.807, 2.05) is 6.92 Å². The first kappa shape index (κ1) is 14.3. The van der Waals surface area contributed by atoms with Crippen molar-refractivity contribution in [3.8, 4) is 0 Å². The monoisotopic (exact) mass is 218 g/mol. The maximum Gasteiger partial charge on any atom is 0.236 e. The van der Waals surface area contributed by atoms with Gasteiger partial charge in [-0.05, 0) is 6.92 Å². The highest BCUT2D eigenvalue weighted by Gasteiger charge is 2.04. The van der Waals surface area contributed by atoms with Crippen LogP contribution in [0.2, 0.25) is 0 Å². The molecule has 15 heavy (non-hydrogen) atoms. The Balaban J connectivity index is 3.20. The van der Waals surface area contributed by atoms with E-state index < -0.39 is 0 Å². The molecule has 0 saturated carbocycles. The lowest BCUT2D eigenvalue weighted by Gasteiger charge is -2.14. The minimum atomic E-state index is 0.106. The Bertz CT molecular complexity index is 165. The van der Waals surface area contributed by atoms with Crippen molar-refractivity contribution >= 4 is 5.91 Å². The van der Waals surface area contributed by atoms with E-state index in [1.54, 1.807) is 19.1 Å². The molecule has 0 radical (unpaired) electrons. The molecule has 90 valence electrons. The molecule has 5 heteroatoms. The summed E-state index contributed by atoms with van der Waals surface area (Å²) in [5.41, 5.74) is 0. The van der Waals surface area contributed by atoms with Crippen LogP contribution in [-0.4, -0.2) is 64.4 Å². The third kappa shape index (κ3) is 8.35. The predicted octanol–water partition coefficient (Wildman–Crippen LogP) is -0.283. The second-order valence-electron chi connectivity index (χ2n) is 3.19. The van der Waals surface area contributed by atoms with Crippen molar-refractivity contribution in [2.75, 3.05) is 53.6 Å². The van der Waals surface area contributed by atoms with Crippen LogP contribution in [0.4, 0.5) is 0 Å². The van der Waals surface area contributed by atoms with Gasteiger partial charge in [-0.15, -0.1) is 0 Å². The summed E-state index contributed by atoms with van der Waals surface area (Å²) in [7, 11) is 3.43. The zero-order valence-corrected chi connectivity index (χ0v) is 9.91. The lowest BCUT2D eigenvalue weighted by atomic mass is 10.5. The summed E-state index contributed by atoms with van der Waals surface area (Å²) in [6.07, 6.45) is 0. The van der Waals surface area contributed by atoms with Gasteiger partial charge in [0.25, 0.3) is 0 Å². The molecule has 0 spiro atoms. The van der Waals surface area contributed by atoms with Gasteiger partial charge >= 0.3 is 0 Å². The van der Waals surface area contributed by atoms with Crippen LogP contribution >= 0.6 is 0 Å². The molecule has 5 nitrogen and oxygen atoms in total. The van der Waals surface area contributed by atoms with Crippen molar-refractivity contribution in [1.82, 2.24) is 10.2 Å². The first-order chi connectivity index (χ1) is 7.22. The first-order valence-corrected chi connectivity index (χ1v) is 5.23. The summed E-state index contributed by atoms with van der Waals surface area (Å²) in [6, 6.07) is 0. The van der Waals surface area contributed by atoms with Gasteiger partial charge in [0.1, 0.15) is 0 Å². The van der Waals surface area contributed by atoms with Crippen molar-refractivity contribution in [1.29, 1.82) is 0 Å². The van der Waals surface area contributed by atoms with Crippen molar-refractivity contribution in [3.63, 3.8) is 0 Å². The maximum absolute atomic E-state index is 11.3. The van der Waals surface area contributed by atoms with Crippen molar-refractivity contribution in [2.45, 2.75) is 6.92 Å². The molecule has 0 aliphatic heterocycles. The molecule has 1 amide bonds. The molecule has 0 heterocycles. The molecule has 0 saturated heterocycles. The van der Waals surface area contributed by atoms with Gasteiger partial charge in [0.2, 0.25) is 5.91 Å². The SMILES string of the molecule is CCN(C)C(=O)CNCCOCCOC. The number of ether oxygens (including phenoxy) is 2. The Morgan fingerprint density at radius 1 is 1.33 bits per heavy atom. The van der Waals surface area contributed by atoms with E-state index in [9.17, 15) is 4.79 Å². The van der Waals surface area contributed by atoms with Crippen LogP contribution < -0.4 is 5.32 Å². The summed E-state index contributed by atoms with van der Waals surface area (Å²) >= 11 is 0. The molecule has 0 aromatic rings. The summed E-state index contributed by atoms with van der Waals surface area (Å²) in [4.78, 5) is 13.0. The largest absolute Gasteiger partial charge is 0.382 e. The normalized spacial score (nSPS) is 10.3. The van der Waals surface area contributed by atoms with E-state index in [2.05, 4.69) is 5.32 Å². The number of likely N-dealkylation sites (N-methyl/N-ethyl adjacent to an activating group) is 1. The van der Waals surface area contributed by atoms with Crippen LogP contribution in [0.5, 0.6) is 0 Å². The van der Waals surface area contributed by atoms with Crippen LogP contribution in [0.1, 0.15) is 6.92 Å². The number of carbonyl (C=O) groups excluding carboxylic acids is 1. The number of nitrogens with one attached hydrogen (secondary N) is 1. The third-order valence-electron chi connectivity index (χ3n) is 2.03. The fourth-order valence-electron chi connectivity index (χ4n) is 0.895. The van der Waals surface area contributed by atoms with Gasteiger partial charge in [-0.3, -0.25) is 4.79 Å². The van der Waals surface area contributed by atoms with Gasteiger partial charge in [0.15, 0.2) is 0 Å². The second-order valence-corrected chi connectivity index (χ2v) is 3.19. The zero-order valence-electron chi connectivity index (χ0n) is 9.91. The number of hydrogen-bond donors (Lipinski definition) is 1. The van der Waals surface area contributed by atoms with Gasteiger partial charge in [-0.2, -0.15) is 0 Å². The smallest absolute Gasteiger partial charge is 0.236 e. The van der Waals surface area contributed by atoms with Crippen molar-refractivity contribution < 1.29 is 14.3 Å². The van der Waals surface area contributed by atoms with Crippen LogP contribution in [-0.2, 0) is 14.3 Å². The van der Waals surface area contributed by atoms with Gasteiger partial charge in [-0.1, -0.05) is 0 Å². The lowest BCUT2D eigenvalue weighted by molar-refractivity contribution is -0.128. The molecular formula is C10H22N2O3. The van der Waals surface area contributed by atoms with Crippen LogP contribution in [0, 0.1) is 0 Å². The van der Waals surface area contributed by atoms with E-state index in [-0.39, 0.29) is 5.91 Å². The number of amides is 1.